The lowest BCUT2D eigenvalue weighted by atomic mass is 10.1. The molecule has 1 aromatic heterocycles. The van der Waals surface area contributed by atoms with Crippen LogP contribution < -0.4 is 5.32 Å². The van der Waals surface area contributed by atoms with Gasteiger partial charge >= 0.3 is 5.97 Å². The molecule has 1 aliphatic carbocycles. The molecule has 0 spiro atoms. The maximum absolute atomic E-state index is 11.9. The Kier molecular flexibility index (Phi) is 3.75. The highest BCUT2D eigenvalue weighted by Gasteiger charge is 2.31. The first-order chi connectivity index (χ1) is 8.47. The lowest BCUT2D eigenvalue weighted by molar-refractivity contribution is -0.141. The van der Waals surface area contributed by atoms with Crippen molar-refractivity contribution in [2.24, 2.45) is 5.92 Å². The molecule has 0 aliphatic heterocycles. The molecule has 0 saturated heterocycles. The molecule has 2 N–H and O–H groups in total. The van der Waals surface area contributed by atoms with Crippen LogP contribution in [0.15, 0.2) is 15.2 Å². The maximum Gasteiger partial charge on any atom is 0.306 e. The van der Waals surface area contributed by atoms with E-state index in [1.807, 2.05) is 0 Å². The molecule has 2 atom stereocenters. The van der Waals surface area contributed by atoms with E-state index >= 15 is 0 Å². The number of nitrogens with one attached hydrogen (secondary N) is 1. The van der Waals surface area contributed by atoms with Crippen LogP contribution in [0.25, 0.3) is 0 Å². The number of hydrogen-bond acceptors (Lipinski definition) is 3. The average Bonchev–Trinajstić information content (AvgIpc) is 2.85. The number of carbonyl (C=O) groups excluding carboxylic acids is 1. The minimum absolute atomic E-state index is 0.0816. The van der Waals surface area contributed by atoms with Gasteiger partial charge in [0.25, 0.3) is 5.91 Å². The van der Waals surface area contributed by atoms with E-state index in [1.165, 1.54) is 0 Å². The van der Waals surface area contributed by atoms with Gasteiger partial charge in [-0.05, 0) is 48.2 Å². The molecule has 0 radical (unpaired) electrons. The minimum Gasteiger partial charge on any atom is -0.481 e. The molecular formula is C12H14BrNO4. The van der Waals surface area contributed by atoms with Gasteiger partial charge in [0.1, 0.15) is 0 Å². The highest BCUT2D eigenvalue weighted by Crippen LogP contribution is 2.26. The third kappa shape index (κ3) is 2.75. The summed E-state index contributed by atoms with van der Waals surface area (Å²) in [6, 6.07) is 1.64. The van der Waals surface area contributed by atoms with E-state index in [2.05, 4.69) is 21.2 Å². The normalized spacial score (nSPS) is 23.0. The van der Waals surface area contributed by atoms with Crippen LogP contribution >= 0.6 is 15.9 Å². The Morgan fingerprint density at radius 3 is 2.72 bits per heavy atom. The van der Waals surface area contributed by atoms with Gasteiger partial charge in [-0.15, -0.1) is 0 Å². The first kappa shape index (κ1) is 13.1. The van der Waals surface area contributed by atoms with Crippen LogP contribution in [0.5, 0.6) is 0 Å². The van der Waals surface area contributed by atoms with Crippen LogP contribution in [0.3, 0.4) is 0 Å². The van der Waals surface area contributed by atoms with Crippen molar-refractivity contribution >= 4 is 27.8 Å². The molecule has 2 rings (SSSR count). The monoisotopic (exact) mass is 315 g/mol. The zero-order chi connectivity index (χ0) is 13.3. The third-order valence-corrected chi connectivity index (χ3v) is 3.60. The van der Waals surface area contributed by atoms with Crippen LogP contribution in [0.2, 0.25) is 0 Å². The summed E-state index contributed by atoms with van der Waals surface area (Å²) in [5.41, 5.74) is 0.757. The van der Waals surface area contributed by atoms with Gasteiger partial charge in [-0.1, -0.05) is 0 Å². The van der Waals surface area contributed by atoms with Crippen molar-refractivity contribution in [3.05, 3.63) is 22.1 Å². The molecule has 6 heteroatoms. The summed E-state index contributed by atoms with van der Waals surface area (Å²) in [6.45, 7) is 1.79. The number of halogens is 1. The van der Waals surface area contributed by atoms with Gasteiger partial charge in [-0.2, -0.15) is 0 Å². The molecule has 1 aliphatic rings. The van der Waals surface area contributed by atoms with Gasteiger partial charge in [0.15, 0.2) is 10.4 Å². The largest absolute Gasteiger partial charge is 0.481 e. The quantitative estimate of drug-likeness (QED) is 0.897. The molecule has 1 heterocycles. The number of aliphatic carboxylic acids is 1. The van der Waals surface area contributed by atoms with Crippen molar-refractivity contribution in [1.82, 2.24) is 5.32 Å². The second-order valence-corrected chi connectivity index (χ2v) is 5.36. The number of amides is 1. The topological polar surface area (TPSA) is 79.5 Å². The van der Waals surface area contributed by atoms with Crippen LogP contribution in [0.1, 0.15) is 35.4 Å². The van der Waals surface area contributed by atoms with Crippen molar-refractivity contribution in [2.75, 3.05) is 0 Å². The van der Waals surface area contributed by atoms with Gasteiger partial charge < -0.3 is 14.8 Å². The fourth-order valence-electron chi connectivity index (χ4n) is 2.26. The van der Waals surface area contributed by atoms with Gasteiger partial charge in [0.05, 0.1) is 5.92 Å². The second kappa shape index (κ2) is 5.14. The van der Waals surface area contributed by atoms with Crippen molar-refractivity contribution in [1.29, 1.82) is 0 Å². The molecule has 1 saturated carbocycles. The smallest absolute Gasteiger partial charge is 0.306 e. The van der Waals surface area contributed by atoms with Crippen molar-refractivity contribution in [3.8, 4) is 0 Å². The first-order valence-corrected chi connectivity index (χ1v) is 6.56. The summed E-state index contributed by atoms with van der Waals surface area (Å²) in [7, 11) is 0. The van der Waals surface area contributed by atoms with Crippen molar-refractivity contribution in [3.63, 3.8) is 0 Å². The predicted octanol–water partition coefficient (Wildman–Crippen LogP) is 2.33. The van der Waals surface area contributed by atoms with Crippen molar-refractivity contribution < 1.29 is 19.1 Å². The number of rotatable bonds is 3. The Bertz CT molecular complexity index is 482. The fourth-order valence-corrected chi connectivity index (χ4v) is 2.76. The first-order valence-electron chi connectivity index (χ1n) is 5.77. The number of furan rings is 1. The van der Waals surface area contributed by atoms with Crippen LogP contribution in [0.4, 0.5) is 0 Å². The standard InChI is InChI=1S/C12H14BrNO4/c1-6-4-9(13)18-10(6)11(15)14-8-3-2-7(5-8)12(16)17/h4,7-8H,2-3,5H2,1H3,(H,14,15)(H,16,17)/t7-,8+/m1/s1. The van der Waals surface area contributed by atoms with Gasteiger partial charge in [-0.25, -0.2) is 0 Å². The van der Waals surface area contributed by atoms with E-state index in [0.29, 0.717) is 23.9 Å². The van der Waals surface area contributed by atoms with Gasteiger partial charge in [0.2, 0.25) is 0 Å². The molecule has 98 valence electrons. The Hall–Kier alpha value is -1.30. The van der Waals surface area contributed by atoms with Gasteiger partial charge in [0, 0.05) is 11.6 Å². The second-order valence-electron chi connectivity index (χ2n) is 4.58. The van der Waals surface area contributed by atoms with Crippen LogP contribution in [-0.4, -0.2) is 23.0 Å². The Morgan fingerprint density at radius 1 is 1.50 bits per heavy atom. The van der Waals surface area contributed by atoms with Crippen LogP contribution in [-0.2, 0) is 4.79 Å². The van der Waals surface area contributed by atoms with E-state index in [1.54, 1.807) is 13.0 Å². The summed E-state index contributed by atoms with van der Waals surface area (Å²) < 4.78 is 5.76. The lowest BCUT2D eigenvalue weighted by Crippen LogP contribution is -2.33. The maximum atomic E-state index is 11.9. The molecule has 0 bridgehead atoms. The summed E-state index contributed by atoms with van der Waals surface area (Å²) in [4.78, 5) is 22.8. The average molecular weight is 316 g/mol. The molecule has 0 aromatic carbocycles. The van der Waals surface area contributed by atoms with E-state index in [9.17, 15) is 9.59 Å². The number of carboxylic acid groups (broad SMARTS) is 1. The summed E-state index contributed by atoms with van der Waals surface area (Å²) in [5.74, 6) is -1.14. The molecule has 0 unspecified atom stereocenters. The summed E-state index contributed by atoms with van der Waals surface area (Å²) in [5, 5.41) is 11.7. The van der Waals surface area contributed by atoms with E-state index in [-0.39, 0.29) is 23.6 Å². The molecule has 1 aromatic rings. The zero-order valence-corrected chi connectivity index (χ0v) is 11.5. The predicted molar refractivity (Wildman–Crippen MR) is 67.4 cm³/mol. The number of carbonyl (C=O) groups is 2. The van der Waals surface area contributed by atoms with E-state index < -0.39 is 5.97 Å². The number of aryl methyl sites for hydroxylation is 1. The lowest BCUT2D eigenvalue weighted by Gasteiger charge is -2.11. The molecule has 1 amide bonds. The minimum atomic E-state index is -0.788. The SMILES string of the molecule is Cc1cc(Br)oc1C(=O)N[C@H]1CC[C@@H](C(=O)O)C1. The van der Waals surface area contributed by atoms with E-state index in [0.717, 1.165) is 5.56 Å². The molecular weight excluding hydrogens is 302 g/mol. The Balaban J connectivity index is 1.97. The molecule has 18 heavy (non-hydrogen) atoms. The fraction of sp³-hybridized carbons (Fsp3) is 0.500. The highest BCUT2D eigenvalue weighted by atomic mass is 79.9. The summed E-state index contributed by atoms with van der Waals surface area (Å²) >= 11 is 3.17. The Morgan fingerprint density at radius 2 is 2.22 bits per heavy atom. The van der Waals surface area contributed by atoms with Gasteiger partial charge in [-0.3, -0.25) is 9.59 Å². The number of carboxylic acids is 1. The third-order valence-electron chi connectivity index (χ3n) is 3.21. The number of hydrogen-bond donors (Lipinski definition) is 2. The molecule has 5 nitrogen and oxygen atoms in total. The van der Waals surface area contributed by atoms with Crippen LogP contribution in [0, 0.1) is 12.8 Å². The zero-order valence-electron chi connectivity index (χ0n) is 9.90. The van der Waals surface area contributed by atoms with E-state index in [4.69, 9.17) is 9.52 Å². The summed E-state index contributed by atoms with van der Waals surface area (Å²) in [6.07, 6.45) is 1.80. The highest BCUT2D eigenvalue weighted by molar-refractivity contribution is 9.10. The van der Waals surface area contributed by atoms with Crippen molar-refractivity contribution in [2.45, 2.75) is 32.2 Å². The Labute approximate surface area is 113 Å². The molecule has 1 fully saturated rings.